The highest BCUT2D eigenvalue weighted by Crippen LogP contribution is 2.35. The van der Waals surface area contributed by atoms with Gasteiger partial charge >= 0.3 is 5.97 Å². The molecule has 1 fully saturated rings. The summed E-state index contributed by atoms with van der Waals surface area (Å²) < 4.78 is 20.4. The van der Waals surface area contributed by atoms with E-state index < -0.39 is 72.7 Å². The lowest BCUT2D eigenvalue weighted by atomic mass is 9.79. The summed E-state index contributed by atoms with van der Waals surface area (Å²) in [6.45, 7) is 9.77. The van der Waals surface area contributed by atoms with Gasteiger partial charge in [0.05, 0.1) is 66.6 Å². The van der Waals surface area contributed by atoms with Crippen LogP contribution in [0.2, 0.25) is 0 Å². The van der Waals surface area contributed by atoms with Crippen LogP contribution < -0.4 is 0 Å². The molecule has 15 nitrogen and oxygen atoms in total. The van der Waals surface area contributed by atoms with Gasteiger partial charge in [-0.2, -0.15) is 0 Å². The molecule has 3 aromatic rings. The van der Waals surface area contributed by atoms with E-state index in [9.17, 15) is 30.0 Å². The third kappa shape index (κ3) is 11.7. The average Bonchev–Trinajstić information content (AvgIpc) is 3.67. The van der Waals surface area contributed by atoms with Gasteiger partial charge in [0.15, 0.2) is 12.1 Å². The maximum absolute atomic E-state index is 13.7. The van der Waals surface area contributed by atoms with E-state index in [-0.39, 0.29) is 24.7 Å². The molecule has 0 aliphatic carbocycles. The van der Waals surface area contributed by atoms with Gasteiger partial charge in [-0.25, -0.2) is 4.68 Å². The Kier molecular flexibility index (Phi) is 16.5. The van der Waals surface area contributed by atoms with Crippen molar-refractivity contribution < 1.29 is 44.2 Å². The highest BCUT2D eigenvalue weighted by atomic mass is 16.7. The summed E-state index contributed by atoms with van der Waals surface area (Å²) in [7, 11) is 5.49. The molecule has 15 heteroatoms. The van der Waals surface area contributed by atoms with E-state index in [4.69, 9.17) is 14.2 Å². The Labute approximate surface area is 347 Å². The number of hydrogen-bond donors (Lipinski definition) is 4. The molecule has 0 saturated carbocycles. The predicted octanol–water partition coefficient (Wildman–Crippen LogP) is 3.46. The van der Waals surface area contributed by atoms with E-state index in [2.05, 4.69) is 20.2 Å². The van der Waals surface area contributed by atoms with Crippen LogP contribution in [0.5, 0.6) is 0 Å². The van der Waals surface area contributed by atoms with E-state index in [0.717, 1.165) is 27.9 Å². The molecule has 324 valence electrons. The van der Waals surface area contributed by atoms with Crippen LogP contribution in [0.4, 0.5) is 0 Å². The number of pyridine rings is 1. The van der Waals surface area contributed by atoms with Crippen molar-refractivity contribution in [2.45, 2.75) is 116 Å². The topological polar surface area (TPSA) is 193 Å². The minimum atomic E-state index is -1.26. The number of benzene rings is 1. The minimum absolute atomic E-state index is 0.104. The van der Waals surface area contributed by atoms with Crippen LogP contribution in [0.15, 0.2) is 66.5 Å². The maximum Gasteiger partial charge on any atom is 0.308 e. The van der Waals surface area contributed by atoms with Gasteiger partial charge in [-0.05, 0) is 97.1 Å². The molecule has 0 radical (unpaired) electrons. The summed E-state index contributed by atoms with van der Waals surface area (Å²) in [5, 5.41) is 54.3. The Morgan fingerprint density at radius 2 is 1.78 bits per heavy atom. The molecule has 0 bridgehead atoms. The fourth-order valence-electron chi connectivity index (χ4n) is 8.37. The molecule has 2 aliphatic rings. The van der Waals surface area contributed by atoms with Gasteiger partial charge in [-0.15, -0.1) is 5.10 Å². The molecule has 12 atom stereocenters. The number of carbonyl (C=O) groups excluding carboxylic acids is 2. The maximum atomic E-state index is 13.7. The van der Waals surface area contributed by atoms with Crippen LogP contribution in [0.1, 0.15) is 66.0 Å². The second-order valence-corrected chi connectivity index (χ2v) is 16.7. The quantitative estimate of drug-likeness (QED) is 0.206. The van der Waals surface area contributed by atoms with Gasteiger partial charge in [-0.1, -0.05) is 49.8 Å². The number of hydrogen-bond acceptors (Lipinski definition) is 14. The van der Waals surface area contributed by atoms with Crippen molar-refractivity contribution in [1.29, 1.82) is 0 Å². The smallest absolute Gasteiger partial charge is 0.308 e. The number of fused-ring (bicyclic) bond motifs is 1. The van der Waals surface area contributed by atoms with Crippen molar-refractivity contribution >= 4 is 22.7 Å². The van der Waals surface area contributed by atoms with Crippen molar-refractivity contribution in [3.63, 3.8) is 0 Å². The fraction of sp³-hybridized carbons (Fsp3) is 0.614. The molecule has 2 aromatic heterocycles. The Hall–Kier alpha value is -3.93. The zero-order valence-corrected chi connectivity index (χ0v) is 35.7. The van der Waals surface area contributed by atoms with E-state index in [1.54, 1.807) is 55.9 Å². The number of allylic oxidation sites excluding steroid dienone is 3. The normalized spacial score (nSPS) is 33.2. The van der Waals surface area contributed by atoms with Crippen LogP contribution in [-0.2, 0) is 30.3 Å². The van der Waals surface area contributed by atoms with Crippen LogP contribution in [0, 0.1) is 23.7 Å². The number of nitrogens with zero attached hydrogens (tertiary/aromatic N) is 6. The average molecular weight is 821 g/mol. The first-order valence-corrected chi connectivity index (χ1v) is 20.8. The summed E-state index contributed by atoms with van der Waals surface area (Å²) in [6.07, 6.45) is 2.80. The number of ketones is 1. The monoisotopic (exact) mass is 820 g/mol. The lowest BCUT2D eigenvalue weighted by Crippen LogP contribution is -2.63. The molecule has 59 heavy (non-hydrogen) atoms. The predicted molar refractivity (Wildman–Crippen MR) is 222 cm³/mol. The Morgan fingerprint density at radius 3 is 2.49 bits per heavy atom. The summed E-state index contributed by atoms with van der Waals surface area (Å²) in [5.41, 5.74) is 3.20. The van der Waals surface area contributed by atoms with Crippen molar-refractivity contribution in [3.8, 4) is 5.69 Å². The molecular weight excluding hydrogens is 757 g/mol. The number of ether oxygens (including phenoxy) is 3. The van der Waals surface area contributed by atoms with Gasteiger partial charge in [0.1, 0.15) is 12.2 Å². The first kappa shape index (κ1) is 46.1. The molecule has 2 unspecified atom stereocenters. The summed E-state index contributed by atoms with van der Waals surface area (Å²) in [6, 6.07) is 9.02. The molecule has 0 spiro atoms. The second kappa shape index (κ2) is 21.0. The highest BCUT2D eigenvalue weighted by molar-refractivity contribution is 5.91. The van der Waals surface area contributed by atoms with Gasteiger partial charge in [0.25, 0.3) is 0 Å². The van der Waals surface area contributed by atoms with E-state index in [1.807, 2.05) is 64.3 Å². The number of esters is 1. The third-order valence-corrected chi connectivity index (χ3v) is 11.9. The van der Waals surface area contributed by atoms with Crippen molar-refractivity contribution in [2.24, 2.45) is 23.7 Å². The number of likely N-dealkylation sites (N-methyl/N-ethyl adjacent to an activating group) is 1. The zero-order chi connectivity index (χ0) is 43.0. The standard InChI is InChI=1S/C44H64N6O9/c1-9-38-31(25-51)20-26(2)15-16-36(52)27(3)21-30(17-19-49(8)23-32-24-50(47-46-32)35-14-10-13-34-33(35)12-11-18-45-34)43(28(4)37(53)22-39(54)58-38)59-44-42(56)40(48(6)7)41(55)29(5)57-44/h10-16,18,20,24,27-31,37-38,40-44,51,53,55-56H,9,17,19,21-23,25H2,1-8H3/b16-15+,26-20+/t27-,28+,29-,30+,31-,37-,38-,40?,41-,42?,43-,44+/m1/s1. The molecule has 2 aliphatic heterocycles. The second-order valence-electron chi connectivity index (χ2n) is 16.7. The number of aliphatic hydroxyl groups is 4. The number of rotatable bonds is 11. The lowest BCUT2D eigenvalue weighted by molar-refractivity contribution is -0.304. The first-order valence-electron chi connectivity index (χ1n) is 20.8. The van der Waals surface area contributed by atoms with Crippen LogP contribution in [0.3, 0.4) is 0 Å². The zero-order valence-electron chi connectivity index (χ0n) is 35.7. The Bertz CT molecular complexity index is 1900. The number of aliphatic hydroxyl groups excluding tert-OH is 4. The molecule has 5 rings (SSSR count). The minimum Gasteiger partial charge on any atom is -0.462 e. The summed E-state index contributed by atoms with van der Waals surface area (Å²) in [4.78, 5) is 35.4. The third-order valence-electron chi connectivity index (χ3n) is 11.9. The Morgan fingerprint density at radius 1 is 1.02 bits per heavy atom. The van der Waals surface area contributed by atoms with Crippen molar-refractivity contribution in [1.82, 2.24) is 29.8 Å². The SMILES string of the molecule is CC[C@H]1OC(=O)C[C@@H](O)[C@H](C)[C@@H](O[C@@H]2O[C@H](C)[C@@H](O)C(N(C)C)C2O)[C@@H](CCN(C)Cc2cn(-c3cccc4ncccc34)nn2)C[C@@H](C)C(=O)/C=C/C(C)=C/[C@@H]1CO. The van der Waals surface area contributed by atoms with Crippen LogP contribution in [-0.4, -0.2) is 145 Å². The van der Waals surface area contributed by atoms with Crippen LogP contribution >= 0.6 is 0 Å². The summed E-state index contributed by atoms with van der Waals surface area (Å²) in [5.74, 6) is -2.78. The van der Waals surface area contributed by atoms with E-state index in [0.29, 0.717) is 32.4 Å². The number of aromatic nitrogens is 4. The van der Waals surface area contributed by atoms with E-state index >= 15 is 0 Å². The van der Waals surface area contributed by atoms with Crippen molar-refractivity contribution in [2.75, 3.05) is 34.3 Å². The molecular formula is C44H64N6O9. The van der Waals surface area contributed by atoms with Gasteiger partial charge < -0.3 is 44.4 Å². The van der Waals surface area contributed by atoms with Crippen LogP contribution in [0.25, 0.3) is 16.6 Å². The molecule has 1 saturated heterocycles. The fourth-order valence-corrected chi connectivity index (χ4v) is 8.37. The number of carbonyl (C=O) groups is 2. The van der Waals surface area contributed by atoms with Gasteiger partial charge in [-0.3, -0.25) is 14.6 Å². The van der Waals surface area contributed by atoms with E-state index in [1.165, 1.54) is 6.08 Å². The van der Waals surface area contributed by atoms with Crippen molar-refractivity contribution in [3.05, 3.63) is 72.2 Å². The first-order chi connectivity index (χ1) is 28.1. The largest absolute Gasteiger partial charge is 0.462 e. The van der Waals surface area contributed by atoms with Gasteiger partial charge in [0, 0.05) is 35.9 Å². The Balaban J connectivity index is 1.45. The molecule has 4 N–H and O–H groups in total. The highest BCUT2D eigenvalue weighted by Gasteiger charge is 2.47. The molecule has 1 aromatic carbocycles. The van der Waals surface area contributed by atoms with Gasteiger partial charge in [0.2, 0.25) is 0 Å². The molecule has 0 amide bonds. The summed E-state index contributed by atoms with van der Waals surface area (Å²) >= 11 is 0. The number of cyclic esters (lactones) is 1. The lowest BCUT2D eigenvalue weighted by Gasteiger charge is -2.46. The molecule has 4 heterocycles.